The molecular weight excluding hydrogens is 254 g/mol. The van der Waals surface area contributed by atoms with E-state index in [-0.39, 0.29) is 17.7 Å². The fraction of sp³-hybridized carbons (Fsp3) is 0.625. The standard InChI is InChI=1S/C16H25NO3/c1-11(17)12-5-6-14(15(9-12)18-4)19-10-13-7-8-16(2,3)20-13/h5-6,9,11,13H,7-8,10,17H2,1-4H3/t11-,13?/m0/s1. The van der Waals surface area contributed by atoms with Gasteiger partial charge in [-0.05, 0) is 51.3 Å². The molecule has 1 saturated heterocycles. The van der Waals surface area contributed by atoms with Crippen molar-refractivity contribution >= 4 is 0 Å². The molecule has 0 aliphatic carbocycles. The van der Waals surface area contributed by atoms with E-state index in [4.69, 9.17) is 19.9 Å². The van der Waals surface area contributed by atoms with Crippen LogP contribution >= 0.6 is 0 Å². The molecule has 4 heteroatoms. The minimum Gasteiger partial charge on any atom is -0.493 e. The molecule has 1 aromatic rings. The Morgan fingerprint density at radius 3 is 2.70 bits per heavy atom. The number of nitrogens with two attached hydrogens (primary N) is 1. The van der Waals surface area contributed by atoms with Crippen molar-refractivity contribution in [2.24, 2.45) is 5.73 Å². The van der Waals surface area contributed by atoms with Crippen LogP contribution in [0.25, 0.3) is 0 Å². The highest BCUT2D eigenvalue weighted by Gasteiger charge is 2.32. The van der Waals surface area contributed by atoms with E-state index < -0.39 is 0 Å². The first-order chi connectivity index (χ1) is 9.41. The third-order valence-corrected chi connectivity index (χ3v) is 3.69. The van der Waals surface area contributed by atoms with Crippen molar-refractivity contribution in [2.45, 2.75) is 51.4 Å². The Morgan fingerprint density at radius 1 is 1.40 bits per heavy atom. The molecule has 1 unspecified atom stereocenters. The summed E-state index contributed by atoms with van der Waals surface area (Å²) < 4.78 is 17.1. The zero-order valence-electron chi connectivity index (χ0n) is 12.8. The highest BCUT2D eigenvalue weighted by molar-refractivity contribution is 5.43. The molecule has 4 nitrogen and oxygen atoms in total. The van der Waals surface area contributed by atoms with E-state index in [1.54, 1.807) is 7.11 Å². The molecule has 0 amide bonds. The first-order valence-electron chi connectivity index (χ1n) is 7.15. The van der Waals surface area contributed by atoms with Crippen LogP contribution in [0.3, 0.4) is 0 Å². The molecule has 0 aromatic heterocycles. The van der Waals surface area contributed by atoms with Crippen molar-refractivity contribution in [1.29, 1.82) is 0 Å². The minimum atomic E-state index is -0.0308. The van der Waals surface area contributed by atoms with Gasteiger partial charge in [0.05, 0.1) is 18.8 Å². The van der Waals surface area contributed by atoms with Crippen molar-refractivity contribution in [3.63, 3.8) is 0 Å². The van der Waals surface area contributed by atoms with Crippen LogP contribution < -0.4 is 15.2 Å². The average Bonchev–Trinajstić information content (AvgIpc) is 2.75. The fourth-order valence-corrected chi connectivity index (χ4v) is 2.46. The average molecular weight is 279 g/mol. The largest absolute Gasteiger partial charge is 0.493 e. The van der Waals surface area contributed by atoms with Gasteiger partial charge in [0.25, 0.3) is 0 Å². The van der Waals surface area contributed by atoms with Gasteiger partial charge in [0.2, 0.25) is 0 Å². The number of rotatable bonds is 5. The van der Waals surface area contributed by atoms with Gasteiger partial charge in [0.1, 0.15) is 6.61 Å². The quantitative estimate of drug-likeness (QED) is 0.900. The van der Waals surface area contributed by atoms with E-state index in [0.29, 0.717) is 6.61 Å². The first kappa shape index (κ1) is 15.1. The molecule has 1 aliphatic rings. The van der Waals surface area contributed by atoms with Crippen LogP contribution in [0.15, 0.2) is 18.2 Å². The van der Waals surface area contributed by atoms with Gasteiger partial charge in [-0.25, -0.2) is 0 Å². The number of benzene rings is 1. The zero-order chi connectivity index (χ0) is 14.8. The maximum Gasteiger partial charge on any atom is 0.161 e. The Labute approximate surface area is 121 Å². The molecule has 112 valence electrons. The van der Waals surface area contributed by atoms with Crippen LogP contribution in [-0.2, 0) is 4.74 Å². The molecular formula is C16H25NO3. The van der Waals surface area contributed by atoms with Gasteiger partial charge in [-0.15, -0.1) is 0 Å². The second kappa shape index (κ2) is 6.02. The molecule has 0 radical (unpaired) electrons. The van der Waals surface area contributed by atoms with Gasteiger partial charge in [-0.2, -0.15) is 0 Å². The van der Waals surface area contributed by atoms with Crippen LogP contribution in [0.5, 0.6) is 11.5 Å². The summed E-state index contributed by atoms with van der Waals surface area (Å²) in [7, 11) is 1.64. The lowest BCUT2D eigenvalue weighted by Gasteiger charge is -2.20. The van der Waals surface area contributed by atoms with Gasteiger partial charge >= 0.3 is 0 Å². The third kappa shape index (κ3) is 3.64. The summed E-state index contributed by atoms with van der Waals surface area (Å²) in [6, 6.07) is 5.80. The first-order valence-corrected chi connectivity index (χ1v) is 7.15. The molecule has 1 aromatic carbocycles. The second-order valence-electron chi connectivity index (χ2n) is 6.05. The zero-order valence-corrected chi connectivity index (χ0v) is 12.8. The van der Waals surface area contributed by atoms with E-state index in [2.05, 4.69) is 13.8 Å². The van der Waals surface area contributed by atoms with E-state index in [1.165, 1.54) is 0 Å². The molecule has 0 saturated carbocycles. The second-order valence-corrected chi connectivity index (χ2v) is 6.05. The van der Waals surface area contributed by atoms with Gasteiger partial charge in [0, 0.05) is 6.04 Å². The van der Waals surface area contributed by atoms with Crippen LogP contribution in [0, 0.1) is 0 Å². The van der Waals surface area contributed by atoms with Crippen molar-refractivity contribution in [1.82, 2.24) is 0 Å². The Bertz CT molecular complexity index is 457. The summed E-state index contributed by atoms with van der Waals surface area (Å²) in [6.07, 6.45) is 2.26. The van der Waals surface area contributed by atoms with Crippen LogP contribution in [0.2, 0.25) is 0 Å². The Kier molecular flexibility index (Phi) is 4.55. The predicted molar refractivity (Wildman–Crippen MR) is 79.3 cm³/mol. The van der Waals surface area contributed by atoms with E-state index >= 15 is 0 Å². The predicted octanol–water partition coefficient (Wildman–Crippen LogP) is 3.05. The summed E-state index contributed by atoms with van der Waals surface area (Å²) in [4.78, 5) is 0. The lowest BCUT2D eigenvalue weighted by atomic mass is 10.1. The summed E-state index contributed by atoms with van der Waals surface area (Å²) in [5.41, 5.74) is 6.88. The third-order valence-electron chi connectivity index (χ3n) is 3.69. The van der Waals surface area contributed by atoms with Crippen LogP contribution in [0.4, 0.5) is 0 Å². The van der Waals surface area contributed by atoms with E-state index in [9.17, 15) is 0 Å². The lowest BCUT2D eigenvalue weighted by molar-refractivity contribution is -0.0329. The van der Waals surface area contributed by atoms with Crippen molar-refractivity contribution in [2.75, 3.05) is 13.7 Å². The highest BCUT2D eigenvalue weighted by atomic mass is 16.6. The van der Waals surface area contributed by atoms with E-state index in [0.717, 1.165) is 29.9 Å². The number of hydrogen-bond donors (Lipinski definition) is 1. The maximum absolute atomic E-state index is 5.92. The molecule has 1 heterocycles. The van der Waals surface area contributed by atoms with Gasteiger partial charge in [0.15, 0.2) is 11.5 Å². The summed E-state index contributed by atoms with van der Waals surface area (Å²) in [5, 5.41) is 0. The van der Waals surface area contributed by atoms with Crippen molar-refractivity contribution < 1.29 is 14.2 Å². The Morgan fingerprint density at radius 2 is 2.15 bits per heavy atom. The molecule has 1 fully saturated rings. The molecule has 0 spiro atoms. The molecule has 2 N–H and O–H groups in total. The Balaban J connectivity index is 1.99. The molecule has 2 atom stereocenters. The summed E-state index contributed by atoms with van der Waals surface area (Å²) >= 11 is 0. The summed E-state index contributed by atoms with van der Waals surface area (Å²) in [5.74, 6) is 1.46. The molecule has 1 aliphatic heterocycles. The maximum atomic E-state index is 5.92. The number of methoxy groups -OCH3 is 1. The molecule has 0 bridgehead atoms. The lowest BCUT2D eigenvalue weighted by Crippen LogP contribution is -2.24. The van der Waals surface area contributed by atoms with Gasteiger partial charge in [-0.1, -0.05) is 6.07 Å². The van der Waals surface area contributed by atoms with Crippen molar-refractivity contribution in [3.8, 4) is 11.5 Å². The fourth-order valence-electron chi connectivity index (χ4n) is 2.46. The van der Waals surface area contributed by atoms with Crippen LogP contribution in [-0.4, -0.2) is 25.4 Å². The Hall–Kier alpha value is -1.26. The van der Waals surface area contributed by atoms with Gasteiger partial charge in [-0.3, -0.25) is 0 Å². The minimum absolute atomic E-state index is 0.0167. The monoisotopic (exact) mass is 279 g/mol. The van der Waals surface area contributed by atoms with Gasteiger partial charge < -0.3 is 19.9 Å². The number of ether oxygens (including phenoxy) is 3. The van der Waals surface area contributed by atoms with Crippen LogP contribution in [0.1, 0.15) is 45.2 Å². The normalized spacial score (nSPS) is 22.6. The van der Waals surface area contributed by atoms with E-state index in [1.807, 2.05) is 25.1 Å². The topological polar surface area (TPSA) is 53.7 Å². The highest BCUT2D eigenvalue weighted by Crippen LogP contribution is 2.32. The van der Waals surface area contributed by atoms with Crippen molar-refractivity contribution in [3.05, 3.63) is 23.8 Å². The number of hydrogen-bond acceptors (Lipinski definition) is 4. The SMILES string of the molecule is COc1cc([C@H](C)N)ccc1OCC1CCC(C)(C)O1. The summed E-state index contributed by atoms with van der Waals surface area (Å²) in [6.45, 7) is 6.73. The molecule has 2 rings (SSSR count). The smallest absolute Gasteiger partial charge is 0.161 e. The molecule has 20 heavy (non-hydrogen) atoms.